The minimum Gasteiger partial charge on any atom is -0.492 e. The molecule has 2 aromatic carbocycles. The quantitative estimate of drug-likeness (QED) is 0.351. The predicted molar refractivity (Wildman–Crippen MR) is 140 cm³/mol. The Hall–Kier alpha value is -2.30. The van der Waals surface area contributed by atoms with Crippen LogP contribution < -0.4 is 10.2 Å². The van der Waals surface area contributed by atoms with Crippen molar-refractivity contribution < 1.29 is 23.7 Å². The molecule has 8 nitrogen and oxygen atoms in total. The van der Waals surface area contributed by atoms with Gasteiger partial charge in [0.1, 0.15) is 17.1 Å². The zero-order valence-corrected chi connectivity index (χ0v) is 21.8. The first-order chi connectivity index (χ1) is 17.6. The Balaban J connectivity index is 1.38. The molecule has 36 heavy (non-hydrogen) atoms. The summed E-state index contributed by atoms with van der Waals surface area (Å²) in [7, 11) is 0.0510. The van der Waals surface area contributed by atoms with E-state index in [0.29, 0.717) is 44.0 Å². The molecule has 4 rings (SSSR count). The van der Waals surface area contributed by atoms with Crippen molar-refractivity contribution in [3.63, 3.8) is 0 Å². The first kappa shape index (κ1) is 26.8. The monoisotopic (exact) mass is 515 g/mol. The highest BCUT2D eigenvalue weighted by molar-refractivity contribution is 7.87. The summed E-state index contributed by atoms with van der Waals surface area (Å²) < 4.78 is 23.5. The normalized spacial score (nSPS) is 19.2. The largest absolute Gasteiger partial charge is 0.492 e. The molecule has 1 atom stereocenters. The van der Waals surface area contributed by atoms with Gasteiger partial charge in [-0.1, -0.05) is 24.3 Å². The fourth-order valence-electron chi connectivity index (χ4n) is 5.00. The minimum absolute atomic E-state index is 0.399. The van der Waals surface area contributed by atoms with E-state index in [9.17, 15) is 14.2 Å². The molecule has 2 heterocycles. The first-order valence-electron chi connectivity index (χ1n) is 12.7. The van der Waals surface area contributed by atoms with Gasteiger partial charge in [-0.25, -0.2) is 5.48 Å². The summed E-state index contributed by atoms with van der Waals surface area (Å²) in [5, 5.41) is 9.40. The molecule has 1 amide bonds. The van der Waals surface area contributed by atoms with Gasteiger partial charge in [-0.3, -0.25) is 19.1 Å². The number of piperidine rings is 1. The van der Waals surface area contributed by atoms with Crippen LogP contribution in [-0.4, -0.2) is 89.5 Å². The Morgan fingerprint density at radius 3 is 2.06 bits per heavy atom. The average Bonchev–Trinajstić information content (AvgIpc) is 3.45. The SMILES string of the molecule is COCCN1CCC(C(=O)NO)(S(=O)c2ccc(-c3ccc(OCCN4CCCC4)cc3)cc2)CC1. The summed E-state index contributed by atoms with van der Waals surface area (Å²) in [5.74, 6) is 0.265. The lowest BCUT2D eigenvalue weighted by molar-refractivity contribution is -0.133. The molecular formula is C27H37N3O5S. The van der Waals surface area contributed by atoms with E-state index in [-0.39, 0.29) is 0 Å². The lowest BCUT2D eigenvalue weighted by atomic mass is 9.95. The molecule has 196 valence electrons. The number of ether oxygens (including phenoxy) is 2. The summed E-state index contributed by atoms with van der Waals surface area (Å²) in [6.45, 7) is 6.59. The fourth-order valence-corrected chi connectivity index (χ4v) is 6.60. The number of carbonyl (C=O) groups is 1. The van der Waals surface area contributed by atoms with E-state index in [1.54, 1.807) is 12.6 Å². The minimum atomic E-state index is -1.61. The third kappa shape index (κ3) is 6.33. The number of hydroxylamine groups is 1. The number of nitrogens with zero attached hydrogens (tertiary/aromatic N) is 2. The predicted octanol–water partition coefficient (Wildman–Crippen LogP) is 2.92. The maximum Gasteiger partial charge on any atom is 0.262 e. The van der Waals surface area contributed by atoms with Crippen molar-refractivity contribution in [2.45, 2.75) is 35.3 Å². The molecule has 0 saturated carbocycles. The van der Waals surface area contributed by atoms with Gasteiger partial charge in [-0.15, -0.1) is 0 Å². The summed E-state index contributed by atoms with van der Waals surface area (Å²) in [4.78, 5) is 17.9. The Morgan fingerprint density at radius 1 is 0.917 bits per heavy atom. The van der Waals surface area contributed by atoms with Crippen LogP contribution in [0.4, 0.5) is 0 Å². The third-order valence-electron chi connectivity index (χ3n) is 7.28. The van der Waals surface area contributed by atoms with Crippen LogP contribution in [0.15, 0.2) is 53.4 Å². The highest BCUT2D eigenvalue weighted by Crippen LogP contribution is 2.34. The van der Waals surface area contributed by atoms with Gasteiger partial charge in [-0.2, -0.15) is 0 Å². The lowest BCUT2D eigenvalue weighted by Gasteiger charge is -2.39. The lowest BCUT2D eigenvalue weighted by Crippen LogP contribution is -2.56. The van der Waals surface area contributed by atoms with Crippen LogP contribution >= 0.6 is 0 Å². The number of hydrogen-bond donors (Lipinski definition) is 2. The number of amides is 1. The molecule has 2 N–H and O–H groups in total. The number of benzene rings is 2. The average molecular weight is 516 g/mol. The Labute approximate surface area is 216 Å². The Kier molecular flexibility index (Phi) is 9.50. The second kappa shape index (κ2) is 12.8. The van der Waals surface area contributed by atoms with Gasteiger partial charge in [0.25, 0.3) is 5.91 Å². The molecule has 2 saturated heterocycles. The van der Waals surface area contributed by atoms with Crippen LogP contribution in [0.1, 0.15) is 25.7 Å². The van der Waals surface area contributed by atoms with Gasteiger partial charge < -0.3 is 14.4 Å². The fraction of sp³-hybridized carbons (Fsp3) is 0.519. The number of methoxy groups -OCH3 is 1. The summed E-state index contributed by atoms with van der Waals surface area (Å²) in [6, 6.07) is 15.5. The molecule has 0 bridgehead atoms. The van der Waals surface area contributed by atoms with Crippen LogP contribution in [0.25, 0.3) is 11.1 Å². The molecule has 2 aromatic rings. The van der Waals surface area contributed by atoms with Crippen LogP contribution in [0.3, 0.4) is 0 Å². The second-order valence-corrected chi connectivity index (χ2v) is 11.3. The molecule has 0 radical (unpaired) electrons. The van der Waals surface area contributed by atoms with Crippen molar-refractivity contribution >= 4 is 16.7 Å². The zero-order valence-electron chi connectivity index (χ0n) is 21.0. The Bertz CT molecular complexity index is 1000. The Morgan fingerprint density at radius 2 is 1.47 bits per heavy atom. The topological polar surface area (TPSA) is 91.3 Å². The van der Waals surface area contributed by atoms with Crippen molar-refractivity contribution in [1.29, 1.82) is 0 Å². The van der Waals surface area contributed by atoms with E-state index in [1.807, 2.05) is 48.5 Å². The molecular weight excluding hydrogens is 478 g/mol. The van der Waals surface area contributed by atoms with Crippen LogP contribution in [-0.2, 0) is 20.3 Å². The standard InChI is InChI=1S/C27H37N3O5S/c1-34-20-18-30-16-12-27(13-17-30,26(31)28-32)36(33)25-10-6-23(7-11-25)22-4-8-24(9-5-22)35-21-19-29-14-2-3-15-29/h4-11,32H,2-3,12-21H2,1H3,(H,28,31). The summed E-state index contributed by atoms with van der Waals surface area (Å²) in [5.41, 5.74) is 3.80. The molecule has 0 aliphatic carbocycles. The molecule has 9 heteroatoms. The maximum absolute atomic E-state index is 13.6. The second-order valence-electron chi connectivity index (χ2n) is 9.48. The van der Waals surface area contributed by atoms with E-state index < -0.39 is 21.5 Å². The number of rotatable bonds is 11. The van der Waals surface area contributed by atoms with E-state index >= 15 is 0 Å². The van der Waals surface area contributed by atoms with Crippen molar-refractivity contribution in [1.82, 2.24) is 15.3 Å². The van der Waals surface area contributed by atoms with Gasteiger partial charge in [0.05, 0.1) is 17.4 Å². The van der Waals surface area contributed by atoms with Gasteiger partial charge in [-0.05, 0) is 74.2 Å². The van der Waals surface area contributed by atoms with Crippen LogP contribution in [0.5, 0.6) is 5.75 Å². The molecule has 0 aromatic heterocycles. The van der Waals surface area contributed by atoms with Gasteiger partial charge in [0.2, 0.25) is 0 Å². The number of carbonyl (C=O) groups excluding carboxylic acids is 1. The number of likely N-dealkylation sites (tertiary alicyclic amines) is 2. The zero-order chi connectivity index (χ0) is 25.4. The highest BCUT2D eigenvalue weighted by atomic mass is 32.2. The van der Waals surface area contributed by atoms with Crippen molar-refractivity contribution in [2.75, 3.05) is 59.6 Å². The first-order valence-corrected chi connectivity index (χ1v) is 13.8. The smallest absolute Gasteiger partial charge is 0.262 e. The summed E-state index contributed by atoms with van der Waals surface area (Å²) >= 11 is 0. The molecule has 1 unspecified atom stereocenters. The molecule has 2 aliphatic rings. The molecule has 2 fully saturated rings. The van der Waals surface area contributed by atoms with Crippen LogP contribution in [0, 0.1) is 0 Å². The van der Waals surface area contributed by atoms with Gasteiger partial charge in [0, 0.05) is 38.2 Å². The van der Waals surface area contributed by atoms with Crippen molar-refractivity contribution in [3.8, 4) is 16.9 Å². The summed E-state index contributed by atoms with van der Waals surface area (Å²) in [6.07, 6.45) is 3.36. The van der Waals surface area contributed by atoms with E-state index in [2.05, 4.69) is 9.80 Å². The molecule has 0 spiro atoms. The number of hydrogen-bond acceptors (Lipinski definition) is 7. The number of nitrogens with one attached hydrogen (secondary N) is 1. The van der Waals surface area contributed by atoms with Crippen molar-refractivity contribution in [2.24, 2.45) is 0 Å². The van der Waals surface area contributed by atoms with Crippen molar-refractivity contribution in [3.05, 3.63) is 48.5 Å². The third-order valence-corrected chi connectivity index (χ3v) is 9.28. The van der Waals surface area contributed by atoms with E-state index in [1.165, 1.54) is 25.9 Å². The van der Waals surface area contributed by atoms with E-state index in [0.717, 1.165) is 30.0 Å². The van der Waals surface area contributed by atoms with Gasteiger partial charge in [0.15, 0.2) is 0 Å². The van der Waals surface area contributed by atoms with Crippen LogP contribution in [0.2, 0.25) is 0 Å². The maximum atomic E-state index is 13.6. The highest BCUT2D eigenvalue weighted by Gasteiger charge is 2.47. The molecule has 2 aliphatic heterocycles. The van der Waals surface area contributed by atoms with Gasteiger partial charge >= 0.3 is 0 Å². The van der Waals surface area contributed by atoms with E-state index in [4.69, 9.17) is 9.47 Å².